The molecule has 0 radical (unpaired) electrons. The summed E-state index contributed by atoms with van der Waals surface area (Å²) in [7, 11) is -9.94. The Morgan fingerprint density at radius 3 is 0.770 bits per heavy atom. The monoisotopic (exact) mass is 1460 g/mol. The topological polar surface area (TPSA) is 237 Å². The minimum absolute atomic E-state index is 0.0929. The Hall–Kier alpha value is -2.72. The minimum atomic E-state index is -4.97. The number of hydrogen-bond donors (Lipinski definition) is 3. The summed E-state index contributed by atoms with van der Waals surface area (Å²) in [6, 6.07) is 0. The molecule has 0 aliphatic rings. The maximum absolute atomic E-state index is 13.1. The van der Waals surface area contributed by atoms with Crippen molar-refractivity contribution in [3.63, 3.8) is 0 Å². The van der Waals surface area contributed by atoms with Crippen LogP contribution in [-0.2, 0) is 65.4 Å². The lowest BCUT2D eigenvalue weighted by atomic mass is 10.0. The molecule has 0 aromatic carbocycles. The molecule has 0 spiro atoms. The third-order valence-corrected chi connectivity index (χ3v) is 20.0. The minimum Gasteiger partial charge on any atom is -0.462 e. The van der Waals surface area contributed by atoms with Gasteiger partial charge in [-0.1, -0.05) is 327 Å². The van der Waals surface area contributed by atoms with Gasteiger partial charge in [-0.2, -0.15) is 0 Å². The second kappa shape index (κ2) is 74.5. The van der Waals surface area contributed by atoms with E-state index in [1.165, 1.54) is 193 Å². The zero-order valence-corrected chi connectivity index (χ0v) is 66.2. The standard InChI is InChI=1S/C81H152O17P2/c1-5-9-13-17-21-25-29-33-37-41-45-49-53-57-61-65-78(83)91-71-76(97-80(85)67-63-59-55-51-47-43-39-35-31-27-23-19-15-11-7-3)73-95-99(87,88)93-69-75(82)70-94-100(89,90)96-74-77(98-81(86)68-64-60-56-52-48-44-40-36-32-28-24-20-16-12-8-4)72-92-79(84)66-62-58-54-50-46-42-38-34-30-26-22-18-14-10-6-2/h21,25,33,36-37,40,75-77,82H,5-20,22-24,26-32,34-35,38-39,41-74H2,1-4H3,(H,87,88)(H,89,90)/b25-21-,37-33-,40-36-/t75-,76-,77-/m1/s1. The number of carbonyl (C=O) groups is 4. The second-order valence-corrected chi connectivity index (χ2v) is 31.0. The van der Waals surface area contributed by atoms with Crippen molar-refractivity contribution in [2.45, 2.75) is 418 Å². The molecule has 0 aliphatic carbocycles. The molecule has 2 unspecified atom stereocenters. The zero-order valence-electron chi connectivity index (χ0n) is 64.4. The summed E-state index contributed by atoms with van der Waals surface area (Å²) < 4.78 is 68.7. The average molecular weight is 1460 g/mol. The number of unbranched alkanes of at least 4 members (excludes halogenated alkanes) is 47. The quantitative estimate of drug-likeness (QED) is 0.0169. The maximum Gasteiger partial charge on any atom is 0.472 e. The SMILES string of the molecule is CCCCC/C=C\C/C=C\CCCCCCCC(=O)OC[C@H](COP(=O)(O)OC[C@@H](O)COP(=O)(O)OC[C@@H](COC(=O)CCCCCCCCCCCCCCCCC)OC(=O)CCCCCCC/C=C\CCCCCCCC)OC(=O)CCCCCCCCCCCCCCCCC. The Labute approximate surface area is 611 Å². The number of phosphoric ester groups is 2. The molecule has 17 nitrogen and oxygen atoms in total. The molecule has 0 heterocycles. The van der Waals surface area contributed by atoms with Crippen LogP contribution in [-0.4, -0.2) is 96.7 Å². The largest absolute Gasteiger partial charge is 0.472 e. The highest BCUT2D eigenvalue weighted by Gasteiger charge is 2.30. The summed E-state index contributed by atoms with van der Waals surface area (Å²) in [4.78, 5) is 73.0. The lowest BCUT2D eigenvalue weighted by molar-refractivity contribution is -0.161. The van der Waals surface area contributed by atoms with Crippen LogP contribution in [0.4, 0.5) is 0 Å². The van der Waals surface area contributed by atoms with Crippen molar-refractivity contribution < 1.29 is 80.2 Å². The molecule has 588 valence electrons. The molecule has 0 saturated heterocycles. The molecule has 0 aromatic rings. The molecule has 0 rings (SSSR count). The van der Waals surface area contributed by atoms with Crippen molar-refractivity contribution >= 4 is 39.5 Å². The van der Waals surface area contributed by atoms with Gasteiger partial charge in [0.05, 0.1) is 26.4 Å². The van der Waals surface area contributed by atoms with E-state index in [2.05, 4.69) is 64.2 Å². The molecule has 0 aromatic heterocycles. The molecule has 0 saturated carbocycles. The van der Waals surface area contributed by atoms with Crippen molar-refractivity contribution in [2.75, 3.05) is 39.6 Å². The van der Waals surface area contributed by atoms with Crippen LogP contribution in [0, 0.1) is 0 Å². The first-order valence-electron chi connectivity index (χ1n) is 41.2. The third kappa shape index (κ3) is 73.6. The van der Waals surface area contributed by atoms with Gasteiger partial charge in [0.1, 0.15) is 19.3 Å². The fourth-order valence-electron chi connectivity index (χ4n) is 11.8. The lowest BCUT2D eigenvalue weighted by Gasteiger charge is -2.21. The molecule has 0 amide bonds. The molecule has 0 fully saturated rings. The van der Waals surface area contributed by atoms with Crippen molar-refractivity contribution in [1.29, 1.82) is 0 Å². The van der Waals surface area contributed by atoms with E-state index < -0.39 is 97.5 Å². The Bertz CT molecular complexity index is 2040. The fourth-order valence-corrected chi connectivity index (χ4v) is 13.4. The van der Waals surface area contributed by atoms with Gasteiger partial charge in [-0.3, -0.25) is 37.3 Å². The molecular formula is C81H152O17P2. The molecule has 5 atom stereocenters. The summed E-state index contributed by atoms with van der Waals surface area (Å²) in [5, 5.41) is 10.6. The van der Waals surface area contributed by atoms with Gasteiger partial charge < -0.3 is 33.8 Å². The van der Waals surface area contributed by atoms with E-state index in [1.54, 1.807) is 0 Å². The number of aliphatic hydroxyl groups is 1. The van der Waals surface area contributed by atoms with Crippen LogP contribution in [0.5, 0.6) is 0 Å². The van der Waals surface area contributed by atoms with Crippen LogP contribution in [0.1, 0.15) is 400 Å². The van der Waals surface area contributed by atoms with Gasteiger partial charge in [-0.05, 0) is 83.5 Å². The maximum atomic E-state index is 13.1. The first kappa shape index (κ1) is 97.3. The number of phosphoric acid groups is 2. The first-order valence-corrected chi connectivity index (χ1v) is 44.2. The molecule has 0 bridgehead atoms. The average Bonchev–Trinajstić information content (AvgIpc) is 1.01. The number of hydrogen-bond acceptors (Lipinski definition) is 15. The Morgan fingerprint density at radius 1 is 0.280 bits per heavy atom. The summed E-state index contributed by atoms with van der Waals surface area (Å²) in [5.74, 6) is -2.15. The van der Waals surface area contributed by atoms with Crippen LogP contribution >= 0.6 is 15.6 Å². The number of esters is 4. The third-order valence-electron chi connectivity index (χ3n) is 18.1. The summed E-state index contributed by atoms with van der Waals surface area (Å²) in [6.07, 6.45) is 71.1. The summed E-state index contributed by atoms with van der Waals surface area (Å²) >= 11 is 0. The molecular weight excluding hydrogens is 1310 g/mol. The highest BCUT2D eigenvalue weighted by Crippen LogP contribution is 2.45. The summed E-state index contributed by atoms with van der Waals surface area (Å²) in [6.45, 7) is 4.93. The fraction of sp³-hybridized carbons (Fsp3) is 0.877. The number of carbonyl (C=O) groups excluding carboxylic acids is 4. The van der Waals surface area contributed by atoms with Gasteiger partial charge in [0.2, 0.25) is 0 Å². The van der Waals surface area contributed by atoms with E-state index in [1.807, 2.05) is 0 Å². The van der Waals surface area contributed by atoms with Crippen molar-refractivity contribution in [2.24, 2.45) is 0 Å². The van der Waals surface area contributed by atoms with Crippen LogP contribution in [0.25, 0.3) is 0 Å². The highest BCUT2D eigenvalue weighted by atomic mass is 31.2. The molecule has 100 heavy (non-hydrogen) atoms. The van der Waals surface area contributed by atoms with E-state index >= 15 is 0 Å². The highest BCUT2D eigenvalue weighted by molar-refractivity contribution is 7.47. The van der Waals surface area contributed by atoms with Gasteiger partial charge >= 0.3 is 39.5 Å². The van der Waals surface area contributed by atoms with Gasteiger partial charge in [-0.25, -0.2) is 9.13 Å². The second-order valence-electron chi connectivity index (χ2n) is 28.1. The molecule has 0 aliphatic heterocycles. The van der Waals surface area contributed by atoms with Crippen LogP contribution in [0.2, 0.25) is 0 Å². The van der Waals surface area contributed by atoms with Crippen molar-refractivity contribution in [1.82, 2.24) is 0 Å². The number of aliphatic hydroxyl groups excluding tert-OH is 1. The van der Waals surface area contributed by atoms with E-state index in [9.17, 15) is 43.2 Å². The van der Waals surface area contributed by atoms with Gasteiger partial charge in [0, 0.05) is 25.7 Å². The van der Waals surface area contributed by atoms with Gasteiger partial charge in [-0.15, -0.1) is 0 Å². The van der Waals surface area contributed by atoms with E-state index in [4.69, 9.17) is 37.0 Å². The first-order chi connectivity index (χ1) is 48.7. The number of allylic oxidation sites excluding steroid dienone is 6. The van der Waals surface area contributed by atoms with Gasteiger partial charge in [0.25, 0.3) is 0 Å². The smallest absolute Gasteiger partial charge is 0.462 e. The summed E-state index contributed by atoms with van der Waals surface area (Å²) in [5.41, 5.74) is 0. The van der Waals surface area contributed by atoms with Crippen molar-refractivity contribution in [3.05, 3.63) is 36.5 Å². The Balaban J connectivity index is 5.32. The lowest BCUT2D eigenvalue weighted by Crippen LogP contribution is -2.30. The number of ether oxygens (including phenoxy) is 4. The van der Waals surface area contributed by atoms with Crippen molar-refractivity contribution in [3.8, 4) is 0 Å². The van der Waals surface area contributed by atoms with Crippen LogP contribution in [0.15, 0.2) is 36.5 Å². The zero-order chi connectivity index (χ0) is 73.2. The van der Waals surface area contributed by atoms with E-state index in [-0.39, 0.29) is 25.7 Å². The van der Waals surface area contributed by atoms with Crippen LogP contribution < -0.4 is 0 Å². The Kier molecular flexibility index (Phi) is 72.5. The van der Waals surface area contributed by atoms with E-state index in [0.29, 0.717) is 25.7 Å². The normalized spacial score (nSPS) is 14.0. The van der Waals surface area contributed by atoms with E-state index in [0.717, 1.165) is 128 Å². The number of rotatable bonds is 79. The predicted molar refractivity (Wildman–Crippen MR) is 409 cm³/mol. The molecule has 3 N–H and O–H groups in total. The predicted octanol–water partition coefficient (Wildman–Crippen LogP) is 23.9. The Morgan fingerprint density at radius 2 is 0.490 bits per heavy atom. The van der Waals surface area contributed by atoms with Crippen LogP contribution in [0.3, 0.4) is 0 Å². The molecule has 19 heteroatoms. The van der Waals surface area contributed by atoms with Gasteiger partial charge in [0.15, 0.2) is 12.2 Å².